The third kappa shape index (κ3) is 5.45. The van der Waals surface area contributed by atoms with Crippen molar-refractivity contribution >= 4 is 11.6 Å². The molecule has 222 valence electrons. The van der Waals surface area contributed by atoms with Crippen molar-refractivity contribution in [3.63, 3.8) is 0 Å². The minimum Gasteiger partial charge on any atom is -0.497 e. The molecule has 0 spiro atoms. The Labute approximate surface area is 246 Å². The van der Waals surface area contributed by atoms with Gasteiger partial charge in [-0.2, -0.15) is 23.4 Å². The molecule has 1 saturated heterocycles. The highest BCUT2D eigenvalue weighted by molar-refractivity contribution is 6.00. The molecule has 1 aliphatic heterocycles. The van der Waals surface area contributed by atoms with Gasteiger partial charge in [0.25, 0.3) is 5.91 Å². The van der Waals surface area contributed by atoms with Gasteiger partial charge < -0.3 is 9.64 Å². The molecule has 0 atom stereocenters. The lowest BCUT2D eigenvalue weighted by Gasteiger charge is -2.34. The molecule has 0 radical (unpaired) electrons. The number of aryl methyl sites for hydroxylation is 1. The normalized spacial score (nSPS) is 14.4. The molecule has 1 fully saturated rings. The van der Waals surface area contributed by atoms with E-state index in [1.807, 2.05) is 41.9 Å². The summed E-state index contributed by atoms with van der Waals surface area (Å²) in [7, 11) is 1.51. The van der Waals surface area contributed by atoms with E-state index in [0.717, 1.165) is 28.7 Å². The van der Waals surface area contributed by atoms with Gasteiger partial charge in [0.15, 0.2) is 11.3 Å². The molecule has 1 amide bonds. The van der Waals surface area contributed by atoms with Gasteiger partial charge in [0.05, 0.1) is 30.4 Å². The van der Waals surface area contributed by atoms with Gasteiger partial charge in [0, 0.05) is 49.5 Å². The van der Waals surface area contributed by atoms with Crippen LogP contribution in [0.5, 0.6) is 5.75 Å². The predicted molar refractivity (Wildman–Crippen MR) is 154 cm³/mol. The first kappa shape index (κ1) is 28.4. The average molecular weight is 590 g/mol. The molecule has 12 heteroatoms. The Morgan fingerprint density at radius 3 is 2.33 bits per heavy atom. The Morgan fingerprint density at radius 2 is 1.67 bits per heavy atom. The number of para-hydroxylation sites is 1. The lowest BCUT2D eigenvalue weighted by Crippen LogP contribution is -2.48. The van der Waals surface area contributed by atoms with Crippen molar-refractivity contribution in [1.29, 1.82) is 0 Å². The SMILES string of the molecule is COc1ccc(-c2cc(C(F)(F)F)n3ncc(C(=O)N4CCN(Cc5c(C)nn(-c6ccccc6)c5C)CC4)c3n2)cc1. The summed E-state index contributed by atoms with van der Waals surface area (Å²) >= 11 is 0. The number of alkyl halides is 3. The third-order valence-corrected chi connectivity index (χ3v) is 7.86. The number of aromatic nitrogens is 5. The highest BCUT2D eigenvalue weighted by atomic mass is 19.4. The fraction of sp³-hybridized carbons (Fsp3) is 0.290. The first-order valence-electron chi connectivity index (χ1n) is 13.9. The predicted octanol–water partition coefficient (Wildman–Crippen LogP) is 5.18. The lowest BCUT2D eigenvalue weighted by molar-refractivity contribution is -0.142. The topological polar surface area (TPSA) is 80.8 Å². The van der Waals surface area contributed by atoms with Gasteiger partial charge in [-0.15, -0.1) is 0 Å². The minimum atomic E-state index is -4.70. The Kier molecular flexibility index (Phi) is 7.38. The van der Waals surface area contributed by atoms with Gasteiger partial charge in [-0.05, 0) is 56.3 Å². The molecule has 43 heavy (non-hydrogen) atoms. The molecule has 5 aromatic rings. The number of piperazine rings is 1. The van der Waals surface area contributed by atoms with Crippen LogP contribution in [-0.4, -0.2) is 73.4 Å². The number of ether oxygens (including phenoxy) is 1. The fourth-order valence-corrected chi connectivity index (χ4v) is 5.45. The van der Waals surface area contributed by atoms with Crippen LogP contribution in [0.2, 0.25) is 0 Å². The molecule has 4 heterocycles. The molecule has 0 aliphatic carbocycles. The number of carbonyl (C=O) groups is 1. The maximum absolute atomic E-state index is 14.1. The number of methoxy groups -OCH3 is 1. The standard InChI is InChI=1S/C31H30F3N7O2/c1-20-26(21(2)40(37-20)23-7-5-4-6-8-23)19-38-13-15-39(16-14-38)30(42)25-18-35-41-28(31(32,33)34)17-27(36-29(25)41)22-9-11-24(43-3)12-10-22/h4-12,17-18H,13-16,19H2,1-3H3. The van der Waals surface area contributed by atoms with Crippen molar-refractivity contribution < 1.29 is 22.7 Å². The van der Waals surface area contributed by atoms with Crippen molar-refractivity contribution in [2.24, 2.45) is 0 Å². The van der Waals surface area contributed by atoms with Crippen LogP contribution < -0.4 is 4.74 Å². The molecule has 0 N–H and O–H groups in total. The molecular weight excluding hydrogens is 559 g/mol. The molecule has 6 rings (SSSR count). The summed E-state index contributed by atoms with van der Waals surface area (Å²) in [5.41, 5.74) is 3.59. The summed E-state index contributed by atoms with van der Waals surface area (Å²) in [5, 5.41) is 8.66. The number of benzene rings is 2. The van der Waals surface area contributed by atoms with Crippen molar-refractivity contribution in [3.8, 4) is 22.7 Å². The van der Waals surface area contributed by atoms with E-state index < -0.39 is 17.8 Å². The second-order valence-electron chi connectivity index (χ2n) is 10.5. The highest BCUT2D eigenvalue weighted by Gasteiger charge is 2.36. The van der Waals surface area contributed by atoms with E-state index in [1.165, 1.54) is 13.3 Å². The monoisotopic (exact) mass is 589 g/mol. The van der Waals surface area contributed by atoms with Crippen LogP contribution in [0, 0.1) is 13.8 Å². The fourth-order valence-electron chi connectivity index (χ4n) is 5.45. The molecule has 0 unspecified atom stereocenters. The van der Waals surface area contributed by atoms with E-state index in [1.54, 1.807) is 29.2 Å². The molecule has 0 bridgehead atoms. The van der Waals surface area contributed by atoms with Crippen molar-refractivity contribution in [3.05, 3.63) is 95.1 Å². The summed E-state index contributed by atoms with van der Waals surface area (Å²) in [5.74, 6) is 0.169. The number of halogens is 3. The van der Waals surface area contributed by atoms with E-state index in [-0.39, 0.29) is 16.9 Å². The molecule has 9 nitrogen and oxygen atoms in total. The zero-order valence-corrected chi connectivity index (χ0v) is 24.0. The van der Waals surface area contributed by atoms with Gasteiger partial charge in [0.2, 0.25) is 0 Å². The van der Waals surface area contributed by atoms with Crippen LogP contribution in [0.1, 0.15) is 33.0 Å². The summed E-state index contributed by atoms with van der Waals surface area (Å²) < 4.78 is 50.0. The second-order valence-corrected chi connectivity index (χ2v) is 10.5. The van der Waals surface area contributed by atoms with E-state index in [4.69, 9.17) is 9.84 Å². The third-order valence-electron chi connectivity index (χ3n) is 7.86. The highest BCUT2D eigenvalue weighted by Crippen LogP contribution is 2.33. The first-order chi connectivity index (χ1) is 20.6. The van der Waals surface area contributed by atoms with E-state index in [0.29, 0.717) is 48.6 Å². The molecular formula is C31H30F3N7O2. The smallest absolute Gasteiger partial charge is 0.433 e. The molecule has 0 saturated carbocycles. The maximum Gasteiger partial charge on any atom is 0.433 e. The van der Waals surface area contributed by atoms with Gasteiger partial charge in [-0.25, -0.2) is 14.2 Å². The van der Waals surface area contributed by atoms with E-state index >= 15 is 0 Å². The van der Waals surface area contributed by atoms with Crippen molar-refractivity contribution in [2.45, 2.75) is 26.6 Å². The molecule has 3 aromatic heterocycles. The number of amides is 1. The zero-order valence-electron chi connectivity index (χ0n) is 24.0. The second kappa shape index (κ2) is 11.2. The zero-order chi connectivity index (χ0) is 30.3. The number of hydrogen-bond acceptors (Lipinski definition) is 6. The minimum absolute atomic E-state index is 0.0325. The summed E-state index contributed by atoms with van der Waals surface area (Å²) in [6, 6.07) is 17.4. The van der Waals surface area contributed by atoms with Crippen molar-refractivity contribution in [1.82, 2.24) is 34.2 Å². The summed E-state index contributed by atoms with van der Waals surface area (Å²) in [6.07, 6.45) is -3.53. The first-order valence-corrected chi connectivity index (χ1v) is 13.9. The van der Waals surface area contributed by atoms with Crippen LogP contribution in [0.25, 0.3) is 22.6 Å². The Balaban J connectivity index is 1.22. The Bertz CT molecular complexity index is 1770. The number of hydrogen-bond donors (Lipinski definition) is 0. The number of carbonyl (C=O) groups excluding carboxylic acids is 1. The van der Waals surface area contributed by atoms with Gasteiger partial charge in [0.1, 0.15) is 11.3 Å². The summed E-state index contributed by atoms with van der Waals surface area (Å²) in [6.45, 7) is 6.80. The van der Waals surface area contributed by atoms with Crippen LogP contribution in [0.4, 0.5) is 13.2 Å². The number of nitrogens with zero attached hydrogens (tertiary/aromatic N) is 7. The average Bonchev–Trinajstić information content (AvgIpc) is 3.57. The Morgan fingerprint density at radius 1 is 0.977 bits per heavy atom. The van der Waals surface area contributed by atoms with Crippen LogP contribution in [0.3, 0.4) is 0 Å². The van der Waals surface area contributed by atoms with Crippen molar-refractivity contribution in [2.75, 3.05) is 33.3 Å². The molecule has 2 aromatic carbocycles. The Hall–Kier alpha value is -4.71. The number of fused-ring (bicyclic) bond motifs is 1. The van der Waals surface area contributed by atoms with E-state index in [2.05, 4.69) is 21.9 Å². The van der Waals surface area contributed by atoms with Gasteiger partial charge in [-0.3, -0.25) is 9.69 Å². The van der Waals surface area contributed by atoms with Crippen LogP contribution in [-0.2, 0) is 12.7 Å². The lowest BCUT2D eigenvalue weighted by atomic mass is 10.1. The van der Waals surface area contributed by atoms with Crippen LogP contribution >= 0.6 is 0 Å². The molecule has 1 aliphatic rings. The largest absolute Gasteiger partial charge is 0.497 e. The van der Waals surface area contributed by atoms with Gasteiger partial charge in [-0.1, -0.05) is 18.2 Å². The summed E-state index contributed by atoms with van der Waals surface area (Å²) in [4.78, 5) is 22.0. The quantitative estimate of drug-likeness (QED) is 0.272. The van der Waals surface area contributed by atoms with Crippen LogP contribution in [0.15, 0.2) is 66.9 Å². The maximum atomic E-state index is 14.1. The van der Waals surface area contributed by atoms with E-state index in [9.17, 15) is 18.0 Å². The number of rotatable bonds is 6. The van der Waals surface area contributed by atoms with Gasteiger partial charge >= 0.3 is 6.18 Å².